The normalized spacial score (nSPS) is 19.9. The zero-order valence-electron chi connectivity index (χ0n) is 16.1. The zero-order valence-corrected chi connectivity index (χ0v) is 16.9. The summed E-state index contributed by atoms with van der Waals surface area (Å²) in [6, 6.07) is 7.10. The Morgan fingerprint density at radius 3 is 2.76 bits per heavy atom. The largest absolute Gasteiger partial charge is 0.360 e. The maximum atomic E-state index is 13.0. The summed E-state index contributed by atoms with van der Waals surface area (Å²) in [7, 11) is 0. The number of aromatic nitrogens is 1. The lowest BCUT2D eigenvalue weighted by atomic mass is 9.85. The molecule has 1 atom stereocenters. The number of carbonyl (C=O) groups excluding carboxylic acids is 2. The number of benzene rings is 1. The molecule has 0 saturated heterocycles. The first kappa shape index (κ1) is 19.1. The van der Waals surface area contributed by atoms with Gasteiger partial charge in [0.2, 0.25) is 0 Å². The van der Waals surface area contributed by atoms with Gasteiger partial charge in [0.15, 0.2) is 0 Å². The molecule has 1 unspecified atom stereocenters. The summed E-state index contributed by atoms with van der Waals surface area (Å²) in [5.74, 6) is -0.279. The van der Waals surface area contributed by atoms with Gasteiger partial charge in [0.25, 0.3) is 11.8 Å². The van der Waals surface area contributed by atoms with E-state index in [-0.39, 0.29) is 17.4 Å². The lowest BCUT2D eigenvalue weighted by molar-refractivity contribution is -0.117. The summed E-state index contributed by atoms with van der Waals surface area (Å²) < 4.78 is 5.25. The van der Waals surface area contributed by atoms with Crippen molar-refractivity contribution in [2.24, 2.45) is 10.9 Å². The molecule has 4 rings (SSSR count). The van der Waals surface area contributed by atoms with E-state index >= 15 is 0 Å². The highest BCUT2D eigenvalue weighted by Crippen LogP contribution is 2.32. The summed E-state index contributed by atoms with van der Waals surface area (Å²) >= 11 is 6.26. The van der Waals surface area contributed by atoms with Crippen LogP contribution in [0.15, 0.2) is 68.9 Å². The topological polar surface area (TPSA) is 84.6 Å². The number of halogens is 1. The molecular formula is C22H18ClN3O3. The van der Waals surface area contributed by atoms with Crippen molar-refractivity contribution in [1.29, 1.82) is 0 Å². The Labute approximate surface area is 172 Å². The molecule has 0 spiro atoms. The lowest BCUT2D eigenvalue weighted by Gasteiger charge is -2.28. The minimum absolute atomic E-state index is 0.0160. The van der Waals surface area contributed by atoms with E-state index in [1.165, 1.54) is 0 Å². The van der Waals surface area contributed by atoms with Crippen molar-refractivity contribution in [3.05, 3.63) is 75.7 Å². The third-order valence-electron chi connectivity index (χ3n) is 5.19. The Balaban J connectivity index is 1.70. The molecule has 6 nitrogen and oxygen atoms in total. The van der Waals surface area contributed by atoms with Crippen molar-refractivity contribution in [2.45, 2.75) is 20.8 Å². The number of aliphatic imine (C=N–C) groups is 1. The highest BCUT2D eigenvalue weighted by atomic mass is 35.5. The van der Waals surface area contributed by atoms with Gasteiger partial charge in [0.05, 0.1) is 10.7 Å². The van der Waals surface area contributed by atoms with E-state index in [9.17, 15) is 9.59 Å². The number of allylic oxidation sites excluding steroid dienone is 3. The van der Waals surface area contributed by atoms with E-state index in [0.29, 0.717) is 39.0 Å². The van der Waals surface area contributed by atoms with Crippen molar-refractivity contribution < 1.29 is 14.1 Å². The Bertz CT molecular complexity index is 1170. The fraction of sp³-hybridized carbons (Fsp3) is 0.182. The van der Waals surface area contributed by atoms with Crippen LogP contribution in [0.5, 0.6) is 0 Å². The van der Waals surface area contributed by atoms with Gasteiger partial charge in [-0.2, -0.15) is 0 Å². The Hall–Kier alpha value is -3.25. The number of hydrogen-bond acceptors (Lipinski definition) is 4. The second-order valence-corrected chi connectivity index (χ2v) is 7.39. The molecule has 1 aromatic heterocycles. The number of nitrogens with zero attached hydrogens (tertiary/aromatic N) is 2. The monoisotopic (exact) mass is 407 g/mol. The van der Waals surface area contributed by atoms with Crippen molar-refractivity contribution in [2.75, 3.05) is 0 Å². The summed E-state index contributed by atoms with van der Waals surface area (Å²) in [6.45, 7) is 5.39. The Morgan fingerprint density at radius 2 is 2.00 bits per heavy atom. The maximum Gasteiger partial charge on any atom is 0.283 e. The molecule has 2 aliphatic rings. The number of nitrogens with one attached hydrogen (secondary N) is 1. The summed E-state index contributed by atoms with van der Waals surface area (Å²) in [6.07, 6.45) is 5.42. The highest BCUT2D eigenvalue weighted by molar-refractivity contribution is 6.33. The minimum Gasteiger partial charge on any atom is -0.360 e. The number of amides is 2. The molecule has 1 aromatic carbocycles. The molecule has 1 aliphatic carbocycles. The van der Waals surface area contributed by atoms with E-state index in [1.54, 1.807) is 44.2 Å². The fourth-order valence-corrected chi connectivity index (χ4v) is 3.65. The third-order valence-corrected chi connectivity index (χ3v) is 5.52. The van der Waals surface area contributed by atoms with Crippen LogP contribution in [0.1, 0.15) is 30.0 Å². The molecule has 2 amide bonds. The number of carbonyl (C=O) groups is 2. The van der Waals surface area contributed by atoms with E-state index in [2.05, 4.69) is 15.5 Å². The van der Waals surface area contributed by atoms with Crippen molar-refractivity contribution in [3.8, 4) is 11.3 Å². The first-order valence-electron chi connectivity index (χ1n) is 9.09. The number of rotatable bonds is 2. The van der Waals surface area contributed by atoms with Gasteiger partial charge < -0.3 is 9.84 Å². The molecule has 2 heterocycles. The average Bonchev–Trinajstić information content (AvgIpc) is 3.08. The fourth-order valence-electron chi connectivity index (χ4n) is 3.43. The van der Waals surface area contributed by atoms with E-state index in [0.717, 1.165) is 5.57 Å². The molecule has 1 aliphatic heterocycles. The summed E-state index contributed by atoms with van der Waals surface area (Å²) in [4.78, 5) is 29.2. The second-order valence-electron chi connectivity index (χ2n) is 6.98. The first-order chi connectivity index (χ1) is 13.9. The van der Waals surface area contributed by atoms with Gasteiger partial charge in [-0.1, -0.05) is 46.6 Å². The second kappa shape index (κ2) is 7.29. The summed E-state index contributed by atoms with van der Waals surface area (Å²) in [5, 5.41) is 7.34. The highest BCUT2D eigenvalue weighted by Gasteiger charge is 2.28. The van der Waals surface area contributed by atoms with Crippen LogP contribution in [-0.2, 0) is 4.79 Å². The van der Waals surface area contributed by atoms with Crippen LogP contribution in [-0.4, -0.2) is 22.7 Å². The van der Waals surface area contributed by atoms with Gasteiger partial charge in [-0.05, 0) is 39.0 Å². The predicted octanol–water partition coefficient (Wildman–Crippen LogP) is 4.42. The molecular weight excluding hydrogens is 390 g/mol. The van der Waals surface area contributed by atoms with Gasteiger partial charge in [0.1, 0.15) is 17.0 Å². The smallest absolute Gasteiger partial charge is 0.283 e. The SMILES string of the molecule is CC1=C(C)C2C=CC(=NC(=O)c3c(-c4ccccc4Cl)noc3C)C=C2NC1=O. The van der Waals surface area contributed by atoms with Gasteiger partial charge in [-0.15, -0.1) is 0 Å². The summed E-state index contributed by atoms with van der Waals surface area (Å²) in [5.41, 5.74) is 4.06. The van der Waals surface area contributed by atoms with Crippen LogP contribution in [0.3, 0.4) is 0 Å². The van der Waals surface area contributed by atoms with Crippen molar-refractivity contribution in [3.63, 3.8) is 0 Å². The molecule has 29 heavy (non-hydrogen) atoms. The Kier molecular flexibility index (Phi) is 4.80. The molecule has 0 bridgehead atoms. The number of aryl methyl sites for hydroxylation is 1. The molecule has 2 aromatic rings. The standard InChI is InChI=1S/C22H18ClN3O3/c1-11-12(2)21(27)25-18-10-14(8-9-15(11)18)24-22(28)19-13(3)29-26-20(19)16-6-4-5-7-17(16)23/h4-10,15H,1-3H3,(H,25,27). The zero-order chi connectivity index (χ0) is 20.7. The van der Waals surface area contributed by atoms with E-state index in [1.807, 2.05) is 19.1 Å². The van der Waals surface area contributed by atoms with Crippen molar-refractivity contribution >= 4 is 29.1 Å². The van der Waals surface area contributed by atoms with Crippen LogP contribution < -0.4 is 5.32 Å². The van der Waals surface area contributed by atoms with Crippen LogP contribution in [0.4, 0.5) is 0 Å². The molecule has 146 valence electrons. The lowest BCUT2D eigenvalue weighted by Crippen LogP contribution is -2.35. The quantitative estimate of drug-likeness (QED) is 0.798. The number of fused-ring (bicyclic) bond motifs is 1. The van der Waals surface area contributed by atoms with Gasteiger partial charge >= 0.3 is 0 Å². The predicted molar refractivity (Wildman–Crippen MR) is 111 cm³/mol. The minimum atomic E-state index is -0.487. The third kappa shape index (κ3) is 3.36. The van der Waals surface area contributed by atoms with Crippen LogP contribution >= 0.6 is 11.6 Å². The molecule has 1 N–H and O–H groups in total. The van der Waals surface area contributed by atoms with Crippen LogP contribution in [0.25, 0.3) is 11.3 Å². The molecule has 0 fully saturated rings. The van der Waals surface area contributed by atoms with E-state index in [4.69, 9.17) is 16.1 Å². The van der Waals surface area contributed by atoms with Crippen LogP contribution in [0.2, 0.25) is 5.02 Å². The maximum absolute atomic E-state index is 13.0. The van der Waals surface area contributed by atoms with Gasteiger partial charge in [-0.25, -0.2) is 4.99 Å². The molecule has 0 radical (unpaired) electrons. The first-order valence-corrected chi connectivity index (χ1v) is 9.47. The van der Waals surface area contributed by atoms with Gasteiger partial charge in [0, 0.05) is 22.8 Å². The van der Waals surface area contributed by atoms with Crippen molar-refractivity contribution in [1.82, 2.24) is 10.5 Å². The molecule has 0 saturated carbocycles. The Morgan fingerprint density at radius 1 is 1.24 bits per heavy atom. The number of hydrogen-bond donors (Lipinski definition) is 1. The average molecular weight is 408 g/mol. The van der Waals surface area contributed by atoms with E-state index < -0.39 is 5.91 Å². The van der Waals surface area contributed by atoms with Gasteiger partial charge in [-0.3, -0.25) is 9.59 Å². The molecule has 7 heteroatoms. The van der Waals surface area contributed by atoms with Crippen LogP contribution in [0, 0.1) is 12.8 Å².